The van der Waals surface area contributed by atoms with Gasteiger partial charge in [-0.1, -0.05) is 12.1 Å². The van der Waals surface area contributed by atoms with Gasteiger partial charge in [-0.05, 0) is 85.8 Å². The number of benzene rings is 1. The molecule has 4 fully saturated rings. The molecule has 1 N–H and O–H groups in total. The Morgan fingerprint density at radius 1 is 1.22 bits per heavy atom. The van der Waals surface area contributed by atoms with Crippen LogP contribution < -0.4 is 5.32 Å². The summed E-state index contributed by atoms with van der Waals surface area (Å²) >= 11 is 0. The molecular formula is C20H24N2O. The van der Waals surface area contributed by atoms with Gasteiger partial charge in [0.2, 0.25) is 5.91 Å². The van der Waals surface area contributed by atoms with Gasteiger partial charge >= 0.3 is 0 Å². The number of nitrogens with zero attached hydrogens (tertiary/aromatic N) is 1. The summed E-state index contributed by atoms with van der Waals surface area (Å²) < 4.78 is 0. The van der Waals surface area contributed by atoms with Gasteiger partial charge in [0.25, 0.3) is 0 Å². The van der Waals surface area contributed by atoms with Crippen LogP contribution in [0.2, 0.25) is 0 Å². The molecular weight excluding hydrogens is 284 g/mol. The fourth-order valence-corrected chi connectivity index (χ4v) is 5.82. The predicted octanol–water partition coefficient (Wildman–Crippen LogP) is 4.32. The molecule has 5 rings (SSSR count). The second kappa shape index (κ2) is 5.37. The second-order valence-electron chi connectivity index (χ2n) is 8.11. The van der Waals surface area contributed by atoms with Crippen LogP contribution in [0.25, 0.3) is 0 Å². The lowest BCUT2D eigenvalue weighted by Crippen LogP contribution is -2.48. The monoisotopic (exact) mass is 308 g/mol. The average molecular weight is 308 g/mol. The van der Waals surface area contributed by atoms with Gasteiger partial charge in [-0.2, -0.15) is 5.26 Å². The van der Waals surface area contributed by atoms with Crippen LogP contribution in [0.1, 0.15) is 56.1 Å². The van der Waals surface area contributed by atoms with Crippen LogP contribution in [0.5, 0.6) is 0 Å². The van der Waals surface area contributed by atoms with E-state index in [0.29, 0.717) is 5.41 Å². The number of hydrogen-bond acceptors (Lipinski definition) is 2. The van der Waals surface area contributed by atoms with Crippen molar-refractivity contribution in [2.24, 2.45) is 17.8 Å². The lowest BCUT2D eigenvalue weighted by molar-refractivity contribution is -0.115. The fraction of sp³-hybridized carbons (Fsp3) is 0.600. The average Bonchev–Trinajstić information content (AvgIpc) is 2.48. The Morgan fingerprint density at radius 2 is 1.83 bits per heavy atom. The highest BCUT2D eigenvalue weighted by Crippen LogP contribution is 2.60. The molecule has 4 bridgehead atoms. The zero-order valence-electron chi connectivity index (χ0n) is 13.8. The van der Waals surface area contributed by atoms with Crippen molar-refractivity contribution in [3.8, 4) is 6.07 Å². The summed E-state index contributed by atoms with van der Waals surface area (Å²) in [4.78, 5) is 11.8. The van der Waals surface area contributed by atoms with Gasteiger partial charge in [0, 0.05) is 5.69 Å². The van der Waals surface area contributed by atoms with Crippen LogP contribution in [0.3, 0.4) is 0 Å². The maximum atomic E-state index is 11.8. The minimum absolute atomic E-state index is 0.0823. The number of carbonyl (C=O) groups is 1. The molecule has 23 heavy (non-hydrogen) atoms. The van der Waals surface area contributed by atoms with Gasteiger partial charge < -0.3 is 5.32 Å². The van der Waals surface area contributed by atoms with Gasteiger partial charge in [-0.3, -0.25) is 4.79 Å². The number of amides is 1. The van der Waals surface area contributed by atoms with Crippen LogP contribution in [0, 0.1) is 36.0 Å². The Bertz CT molecular complexity index is 650. The van der Waals surface area contributed by atoms with E-state index in [9.17, 15) is 4.79 Å². The smallest absolute Gasteiger partial charge is 0.238 e. The quantitative estimate of drug-likeness (QED) is 0.904. The standard InChI is InChI=1S/C20H24N2O/c1-13-2-3-17(9-18(13)22-19(23)4-5-21)20-10-14-6-15(11-20)8-16(7-14)12-20/h2-3,9,14-16H,4,6-8,10-12H2,1H3,(H,22,23). The minimum atomic E-state index is -0.210. The van der Waals surface area contributed by atoms with E-state index in [2.05, 4.69) is 23.5 Å². The van der Waals surface area contributed by atoms with Crippen LogP contribution in [0.15, 0.2) is 18.2 Å². The topological polar surface area (TPSA) is 52.9 Å². The lowest BCUT2D eigenvalue weighted by Gasteiger charge is -2.57. The zero-order chi connectivity index (χ0) is 16.0. The van der Waals surface area contributed by atoms with Crippen LogP contribution >= 0.6 is 0 Å². The Labute approximate surface area is 138 Å². The van der Waals surface area contributed by atoms with E-state index in [0.717, 1.165) is 29.0 Å². The molecule has 0 radical (unpaired) electrons. The molecule has 120 valence electrons. The van der Waals surface area contributed by atoms with Gasteiger partial charge in [-0.15, -0.1) is 0 Å². The lowest BCUT2D eigenvalue weighted by atomic mass is 9.48. The summed E-state index contributed by atoms with van der Waals surface area (Å²) in [5.41, 5.74) is 3.72. The first-order valence-corrected chi connectivity index (χ1v) is 8.86. The molecule has 0 saturated heterocycles. The summed E-state index contributed by atoms with van der Waals surface area (Å²) in [5, 5.41) is 11.6. The van der Waals surface area contributed by atoms with E-state index in [1.807, 2.05) is 13.0 Å². The molecule has 0 spiro atoms. The van der Waals surface area contributed by atoms with Gasteiger partial charge in [0.05, 0.1) is 6.07 Å². The third-order valence-corrected chi connectivity index (χ3v) is 6.40. The number of carbonyl (C=O) groups excluding carboxylic acids is 1. The third-order valence-electron chi connectivity index (χ3n) is 6.40. The summed E-state index contributed by atoms with van der Waals surface area (Å²) in [5.74, 6) is 2.54. The van der Waals surface area contributed by atoms with Crippen LogP contribution in [-0.4, -0.2) is 5.91 Å². The van der Waals surface area contributed by atoms with Crippen molar-refractivity contribution in [2.75, 3.05) is 5.32 Å². The van der Waals surface area contributed by atoms with Crippen molar-refractivity contribution in [1.29, 1.82) is 5.26 Å². The first-order chi connectivity index (χ1) is 11.1. The molecule has 4 aliphatic carbocycles. The Balaban J connectivity index is 1.65. The summed E-state index contributed by atoms with van der Waals surface area (Å²) in [6.45, 7) is 2.02. The van der Waals surface area contributed by atoms with Gasteiger partial charge in [0.1, 0.15) is 6.42 Å². The highest BCUT2D eigenvalue weighted by Gasteiger charge is 2.51. The van der Waals surface area contributed by atoms with E-state index in [4.69, 9.17) is 5.26 Å². The summed E-state index contributed by atoms with van der Waals surface area (Å²) in [7, 11) is 0. The molecule has 1 aromatic rings. The number of hydrogen-bond donors (Lipinski definition) is 1. The van der Waals surface area contributed by atoms with Crippen molar-refractivity contribution in [2.45, 2.75) is 57.3 Å². The van der Waals surface area contributed by atoms with Crippen molar-refractivity contribution in [3.05, 3.63) is 29.3 Å². The molecule has 0 atom stereocenters. The molecule has 3 nitrogen and oxygen atoms in total. The first kappa shape index (κ1) is 14.8. The van der Waals surface area contributed by atoms with Crippen molar-refractivity contribution >= 4 is 11.6 Å². The zero-order valence-corrected chi connectivity index (χ0v) is 13.8. The van der Waals surface area contributed by atoms with Crippen LogP contribution in [0.4, 0.5) is 5.69 Å². The van der Waals surface area contributed by atoms with E-state index in [1.54, 1.807) is 0 Å². The van der Waals surface area contributed by atoms with E-state index in [-0.39, 0.29) is 12.3 Å². The molecule has 0 heterocycles. The van der Waals surface area contributed by atoms with E-state index in [1.165, 1.54) is 44.1 Å². The van der Waals surface area contributed by atoms with Crippen molar-refractivity contribution in [3.63, 3.8) is 0 Å². The fourth-order valence-electron chi connectivity index (χ4n) is 5.82. The van der Waals surface area contributed by atoms with Crippen molar-refractivity contribution < 1.29 is 4.79 Å². The van der Waals surface area contributed by atoms with E-state index < -0.39 is 0 Å². The molecule has 0 aliphatic heterocycles. The van der Waals surface area contributed by atoms with Gasteiger partial charge in [-0.25, -0.2) is 0 Å². The molecule has 1 aromatic carbocycles. The Hall–Kier alpha value is -1.82. The second-order valence-corrected chi connectivity index (χ2v) is 8.11. The normalized spacial score (nSPS) is 34.2. The Morgan fingerprint density at radius 3 is 2.39 bits per heavy atom. The van der Waals surface area contributed by atoms with E-state index >= 15 is 0 Å². The first-order valence-electron chi connectivity index (χ1n) is 8.86. The largest absolute Gasteiger partial charge is 0.325 e. The SMILES string of the molecule is Cc1ccc(C23CC4CC(CC(C4)C2)C3)cc1NC(=O)CC#N. The molecule has 0 unspecified atom stereocenters. The van der Waals surface area contributed by atoms with Crippen molar-refractivity contribution in [1.82, 2.24) is 0 Å². The maximum absolute atomic E-state index is 11.8. The number of anilines is 1. The highest BCUT2D eigenvalue weighted by molar-refractivity contribution is 5.92. The number of nitrogens with one attached hydrogen (secondary N) is 1. The molecule has 0 aromatic heterocycles. The highest BCUT2D eigenvalue weighted by atomic mass is 16.1. The van der Waals surface area contributed by atoms with Crippen LogP contribution in [-0.2, 0) is 10.2 Å². The molecule has 3 heteroatoms. The summed E-state index contributed by atoms with van der Waals surface area (Å²) in [6.07, 6.45) is 8.22. The number of rotatable bonds is 3. The third kappa shape index (κ3) is 2.55. The Kier molecular flexibility index (Phi) is 3.44. The minimum Gasteiger partial charge on any atom is -0.325 e. The maximum Gasteiger partial charge on any atom is 0.238 e. The molecule has 4 aliphatic rings. The predicted molar refractivity (Wildman–Crippen MR) is 89.9 cm³/mol. The summed E-state index contributed by atoms with van der Waals surface area (Å²) in [6, 6.07) is 8.53. The number of nitriles is 1. The molecule has 1 amide bonds. The number of aryl methyl sites for hydroxylation is 1. The molecule has 4 saturated carbocycles. The van der Waals surface area contributed by atoms with Gasteiger partial charge in [0.15, 0.2) is 0 Å².